The molecule has 0 bridgehead atoms. The van der Waals surface area contributed by atoms with E-state index in [4.69, 9.17) is 5.73 Å². The summed E-state index contributed by atoms with van der Waals surface area (Å²) in [5.74, 6) is 1.04. The van der Waals surface area contributed by atoms with E-state index in [1.54, 1.807) is 6.07 Å². The van der Waals surface area contributed by atoms with Crippen molar-refractivity contribution >= 4 is 15.9 Å². The highest BCUT2D eigenvalue weighted by molar-refractivity contribution is 9.10. The van der Waals surface area contributed by atoms with E-state index in [1.165, 1.54) is 18.9 Å². The second-order valence-electron chi connectivity index (χ2n) is 5.90. The molecule has 2 N–H and O–H groups in total. The average molecular weight is 314 g/mol. The summed E-state index contributed by atoms with van der Waals surface area (Å²) >= 11 is 3.33. The Labute approximate surface area is 117 Å². The van der Waals surface area contributed by atoms with Gasteiger partial charge < -0.3 is 5.73 Å². The standard InChI is InChI=1S/C15H21BrFN/c1-10-6-7-15(18,11(2)8-10)9-12-4-3-5-13(17)14(12)16/h3-5,10-11H,6-9,18H2,1-2H3. The maximum absolute atomic E-state index is 13.5. The van der Waals surface area contributed by atoms with Gasteiger partial charge in [-0.05, 0) is 65.1 Å². The SMILES string of the molecule is CC1CCC(N)(Cc2cccc(F)c2Br)C(C)C1. The van der Waals surface area contributed by atoms with Gasteiger partial charge in [0.05, 0.1) is 4.47 Å². The molecule has 1 saturated carbocycles. The van der Waals surface area contributed by atoms with E-state index in [-0.39, 0.29) is 11.4 Å². The fourth-order valence-electron chi connectivity index (χ4n) is 3.02. The zero-order chi connectivity index (χ0) is 13.3. The van der Waals surface area contributed by atoms with Crippen molar-refractivity contribution in [1.82, 2.24) is 0 Å². The number of halogens is 2. The van der Waals surface area contributed by atoms with Crippen LogP contribution in [-0.4, -0.2) is 5.54 Å². The normalized spacial score (nSPS) is 32.5. The molecule has 1 aromatic carbocycles. The second-order valence-corrected chi connectivity index (χ2v) is 6.70. The lowest BCUT2D eigenvalue weighted by Crippen LogP contribution is -2.51. The highest BCUT2D eigenvalue weighted by atomic mass is 79.9. The summed E-state index contributed by atoms with van der Waals surface area (Å²) in [7, 11) is 0. The number of nitrogens with two attached hydrogens (primary N) is 1. The van der Waals surface area contributed by atoms with E-state index in [2.05, 4.69) is 29.8 Å². The largest absolute Gasteiger partial charge is 0.325 e. The zero-order valence-electron chi connectivity index (χ0n) is 11.0. The Balaban J connectivity index is 2.20. The summed E-state index contributed by atoms with van der Waals surface area (Å²) in [5, 5.41) is 0. The predicted molar refractivity (Wildman–Crippen MR) is 76.9 cm³/mol. The molecule has 3 unspecified atom stereocenters. The second kappa shape index (κ2) is 5.30. The van der Waals surface area contributed by atoms with Gasteiger partial charge in [-0.1, -0.05) is 26.0 Å². The van der Waals surface area contributed by atoms with Crippen molar-refractivity contribution in [3.8, 4) is 0 Å². The van der Waals surface area contributed by atoms with E-state index >= 15 is 0 Å². The minimum absolute atomic E-state index is 0.192. The van der Waals surface area contributed by atoms with Crippen LogP contribution in [0.5, 0.6) is 0 Å². The lowest BCUT2D eigenvalue weighted by Gasteiger charge is -2.42. The molecule has 18 heavy (non-hydrogen) atoms. The molecule has 2 rings (SSSR count). The highest BCUT2D eigenvalue weighted by Crippen LogP contribution is 2.38. The van der Waals surface area contributed by atoms with Crippen LogP contribution in [0.4, 0.5) is 4.39 Å². The number of rotatable bonds is 2. The molecule has 3 atom stereocenters. The minimum Gasteiger partial charge on any atom is -0.325 e. The molecule has 1 nitrogen and oxygen atoms in total. The summed E-state index contributed by atoms with van der Waals surface area (Å²) in [6, 6.07) is 5.20. The van der Waals surface area contributed by atoms with Gasteiger partial charge >= 0.3 is 0 Å². The third-order valence-electron chi connectivity index (χ3n) is 4.39. The van der Waals surface area contributed by atoms with Crippen molar-refractivity contribution in [2.24, 2.45) is 17.6 Å². The molecule has 0 saturated heterocycles. The van der Waals surface area contributed by atoms with E-state index in [1.807, 2.05) is 6.07 Å². The van der Waals surface area contributed by atoms with E-state index < -0.39 is 0 Å². The fourth-order valence-corrected chi connectivity index (χ4v) is 3.42. The maximum Gasteiger partial charge on any atom is 0.137 e. The van der Waals surface area contributed by atoms with Gasteiger partial charge in [0.25, 0.3) is 0 Å². The Morgan fingerprint density at radius 3 is 2.83 bits per heavy atom. The smallest absolute Gasteiger partial charge is 0.137 e. The first-order valence-corrected chi connectivity index (χ1v) is 7.43. The number of benzene rings is 1. The van der Waals surface area contributed by atoms with Gasteiger partial charge in [0.2, 0.25) is 0 Å². The lowest BCUT2D eigenvalue weighted by atomic mass is 9.68. The van der Waals surface area contributed by atoms with Crippen LogP contribution < -0.4 is 5.73 Å². The topological polar surface area (TPSA) is 26.0 Å². The van der Waals surface area contributed by atoms with Gasteiger partial charge in [0, 0.05) is 5.54 Å². The molecule has 0 aliphatic heterocycles. The molecular weight excluding hydrogens is 293 g/mol. The lowest BCUT2D eigenvalue weighted by molar-refractivity contribution is 0.163. The van der Waals surface area contributed by atoms with Gasteiger partial charge in [0.15, 0.2) is 0 Å². The van der Waals surface area contributed by atoms with Crippen molar-refractivity contribution in [1.29, 1.82) is 0 Å². The molecule has 0 aromatic heterocycles. The highest BCUT2D eigenvalue weighted by Gasteiger charge is 2.37. The molecule has 0 spiro atoms. The molecule has 1 fully saturated rings. The molecule has 1 aliphatic rings. The van der Waals surface area contributed by atoms with Crippen molar-refractivity contribution in [2.75, 3.05) is 0 Å². The number of hydrogen-bond donors (Lipinski definition) is 1. The molecule has 0 radical (unpaired) electrons. The van der Waals surface area contributed by atoms with Crippen LogP contribution in [0, 0.1) is 17.7 Å². The van der Waals surface area contributed by atoms with E-state index in [0.717, 1.165) is 24.3 Å². The van der Waals surface area contributed by atoms with Gasteiger partial charge in [-0.25, -0.2) is 4.39 Å². The Morgan fingerprint density at radius 1 is 1.44 bits per heavy atom. The van der Waals surface area contributed by atoms with Crippen LogP contribution in [0.3, 0.4) is 0 Å². The first-order chi connectivity index (χ1) is 8.42. The van der Waals surface area contributed by atoms with Crippen molar-refractivity contribution in [3.63, 3.8) is 0 Å². The third kappa shape index (κ3) is 2.77. The van der Waals surface area contributed by atoms with E-state index in [0.29, 0.717) is 10.4 Å². The molecule has 0 amide bonds. The Hall–Kier alpha value is -0.410. The van der Waals surface area contributed by atoms with Crippen LogP contribution in [0.1, 0.15) is 38.7 Å². The van der Waals surface area contributed by atoms with Gasteiger partial charge in [-0.3, -0.25) is 0 Å². The van der Waals surface area contributed by atoms with Gasteiger partial charge in [0.1, 0.15) is 5.82 Å². The predicted octanol–water partition coefficient (Wildman–Crippen LogP) is 4.28. The van der Waals surface area contributed by atoms with Crippen LogP contribution in [-0.2, 0) is 6.42 Å². The van der Waals surface area contributed by atoms with Gasteiger partial charge in [-0.15, -0.1) is 0 Å². The quantitative estimate of drug-likeness (QED) is 0.866. The summed E-state index contributed by atoms with van der Waals surface area (Å²) in [4.78, 5) is 0. The van der Waals surface area contributed by atoms with Crippen LogP contribution >= 0.6 is 15.9 Å². The summed E-state index contributed by atoms with van der Waals surface area (Å²) in [5.41, 5.74) is 7.37. The molecule has 1 aliphatic carbocycles. The van der Waals surface area contributed by atoms with Crippen LogP contribution in [0.25, 0.3) is 0 Å². The van der Waals surface area contributed by atoms with Crippen molar-refractivity contribution in [2.45, 2.75) is 45.1 Å². The summed E-state index contributed by atoms with van der Waals surface area (Å²) in [6.45, 7) is 4.51. The Bertz CT molecular complexity index is 435. The van der Waals surface area contributed by atoms with Crippen molar-refractivity contribution < 1.29 is 4.39 Å². The van der Waals surface area contributed by atoms with Gasteiger partial charge in [-0.2, -0.15) is 0 Å². The first kappa shape index (κ1) is 14.0. The summed E-state index contributed by atoms with van der Waals surface area (Å²) in [6.07, 6.45) is 4.12. The Morgan fingerprint density at radius 2 is 2.17 bits per heavy atom. The first-order valence-electron chi connectivity index (χ1n) is 6.64. The summed E-state index contributed by atoms with van der Waals surface area (Å²) < 4.78 is 14.1. The number of hydrogen-bond acceptors (Lipinski definition) is 1. The monoisotopic (exact) mass is 313 g/mol. The molecule has 3 heteroatoms. The van der Waals surface area contributed by atoms with Crippen LogP contribution in [0.15, 0.2) is 22.7 Å². The Kier molecular flexibility index (Phi) is 4.12. The van der Waals surface area contributed by atoms with Crippen LogP contribution in [0.2, 0.25) is 0 Å². The van der Waals surface area contributed by atoms with E-state index in [9.17, 15) is 4.39 Å². The molecule has 0 heterocycles. The van der Waals surface area contributed by atoms with Crippen molar-refractivity contribution in [3.05, 3.63) is 34.1 Å². The zero-order valence-corrected chi connectivity index (χ0v) is 12.6. The minimum atomic E-state index is -0.201. The molecule has 1 aromatic rings. The molecule has 100 valence electrons. The maximum atomic E-state index is 13.5. The third-order valence-corrected chi connectivity index (χ3v) is 5.28. The average Bonchev–Trinajstić information content (AvgIpc) is 2.31. The fraction of sp³-hybridized carbons (Fsp3) is 0.600. The molecular formula is C15H21BrFN.